The van der Waals surface area contributed by atoms with Crippen LogP contribution in [0.3, 0.4) is 0 Å². The van der Waals surface area contributed by atoms with Crippen LogP contribution in [0.5, 0.6) is 0 Å². The van der Waals surface area contributed by atoms with E-state index in [-0.39, 0.29) is 0 Å². The molecule has 1 saturated heterocycles. The molecule has 1 fully saturated rings. The van der Waals surface area contributed by atoms with Crippen LogP contribution in [0.15, 0.2) is 18.3 Å². The lowest BCUT2D eigenvalue weighted by atomic mass is 10.0. The van der Waals surface area contributed by atoms with Crippen LogP contribution in [0.1, 0.15) is 39.2 Å². The summed E-state index contributed by atoms with van der Waals surface area (Å²) in [6.45, 7) is 9.84. The Morgan fingerprint density at radius 1 is 1.50 bits per heavy atom. The predicted octanol–water partition coefficient (Wildman–Crippen LogP) is 2.82. The lowest BCUT2D eigenvalue weighted by molar-refractivity contribution is 0.488. The maximum absolute atomic E-state index is 4.63. The first-order chi connectivity index (χ1) is 8.74. The van der Waals surface area contributed by atoms with Crippen molar-refractivity contribution in [3.8, 4) is 0 Å². The number of pyridine rings is 1. The monoisotopic (exact) mass is 247 g/mol. The molecule has 3 nitrogen and oxygen atoms in total. The van der Waals surface area contributed by atoms with E-state index in [1.54, 1.807) is 0 Å². The molecule has 2 rings (SSSR count). The second-order valence-electron chi connectivity index (χ2n) is 5.41. The van der Waals surface area contributed by atoms with Crippen molar-refractivity contribution in [2.45, 2.75) is 46.2 Å². The van der Waals surface area contributed by atoms with E-state index in [2.05, 4.69) is 42.0 Å². The lowest BCUT2D eigenvalue weighted by Crippen LogP contribution is -2.35. The van der Waals surface area contributed by atoms with E-state index in [1.807, 2.05) is 12.3 Å². The summed E-state index contributed by atoms with van der Waals surface area (Å²) in [5.41, 5.74) is 1.33. The molecule has 1 aromatic rings. The molecule has 1 N–H and O–H groups in total. The Balaban J connectivity index is 2.21. The van der Waals surface area contributed by atoms with E-state index in [0.717, 1.165) is 19.6 Å². The molecule has 18 heavy (non-hydrogen) atoms. The maximum Gasteiger partial charge on any atom is 0.133 e. The van der Waals surface area contributed by atoms with Crippen LogP contribution in [-0.2, 0) is 6.54 Å². The van der Waals surface area contributed by atoms with Crippen LogP contribution < -0.4 is 10.2 Å². The van der Waals surface area contributed by atoms with Crippen LogP contribution in [0, 0.1) is 5.92 Å². The predicted molar refractivity (Wildman–Crippen MR) is 76.8 cm³/mol. The highest BCUT2D eigenvalue weighted by Crippen LogP contribution is 2.30. The van der Waals surface area contributed by atoms with Crippen molar-refractivity contribution in [2.75, 3.05) is 18.0 Å². The van der Waals surface area contributed by atoms with Crippen LogP contribution in [0.2, 0.25) is 0 Å². The van der Waals surface area contributed by atoms with Gasteiger partial charge in [0.05, 0.1) is 0 Å². The number of aromatic nitrogens is 1. The Bertz CT molecular complexity index is 376. The van der Waals surface area contributed by atoms with Gasteiger partial charge in [-0.2, -0.15) is 0 Å². The van der Waals surface area contributed by atoms with E-state index in [1.165, 1.54) is 24.2 Å². The van der Waals surface area contributed by atoms with Gasteiger partial charge in [-0.3, -0.25) is 0 Å². The SMILES string of the molecule is CCNCc1cccnc1N1CCCC1C(C)C. The summed E-state index contributed by atoms with van der Waals surface area (Å²) < 4.78 is 0. The summed E-state index contributed by atoms with van der Waals surface area (Å²) in [6, 6.07) is 4.89. The molecule has 1 aromatic heterocycles. The van der Waals surface area contributed by atoms with Gasteiger partial charge < -0.3 is 10.2 Å². The summed E-state index contributed by atoms with van der Waals surface area (Å²) in [5, 5.41) is 3.41. The second kappa shape index (κ2) is 6.19. The van der Waals surface area contributed by atoms with Gasteiger partial charge in [-0.1, -0.05) is 26.8 Å². The van der Waals surface area contributed by atoms with Crippen LogP contribution in [0.4, 0.5) is 5.82 Å². The summed E-state index contributed by atoms with van der Waals surface area (Å²) in [5.74, 6) is 1.89. The molecule has 0 spiro atoms. The average molecular weight is 247 g/mol. The quantitative estimate of drug-likeness (QED) is 0.867. The molecule has 0 amide bonds. The highest BCUT2D eigenvalue weighted by atomic mass is 15.2. The first-order valence-corrected chi connectivity index (χ1v) is 7.15. The second-order valence-corrected chi connectivity index (χ2v) is 5.41. The van der Waals surface area contributed by atoms with Crippen molar-refractivity contribution in [3.05, 3.63) is 23.9 Å². The third kappa shape index (κ3) is 2.83. The van der Waals surface area contributed by atoms with Gasteiger partial charge in [0, 0.05) is 30.9 Å². The first-order valence-electron chi connectivity index (χ1n) is 7.15. The van der Waals surface area contributed by atoms with E-state index in [0.29, 0.717) is 12.0 Å². The Labute approximate surface area is 111 Å². The third-order valence-corrected chi connectivity index (χ3v) is 3.77. The zero-order chi connectivity index (χ0) is 13.0. The number of hydrogen-bond donors (Lipinski definition) is 1. The summed E-state index contributed by atoms with van der Waals surface area (Å²) in [6.07, 6.45) is 4.51. The smallest absolute Gasteiger partial charge is 0.133 e. The normalized spacial score (nSPS) is 19.8. The van der Waals surface area contributed by atoms with Gasteiger partial charge in [0.15, 0.2) is 0 Å². The lowest BCUT2D eigenvalue weighted by Gasteiger charge is -2.30. The maximum atomic E-state index is 4.63. The number of anilines is 1. The molecule has 2 heterocycles. The number of hydrogen-bond acceptors (Lipinski definition) is 3. The molecule has 1 atom stereocenters. The fourth-order valence-corrected chi connectivity index (χ4v) is 2.84. The minimum Gasteiger partial charge on any atom is -0.353 e. The highest BCUT2D eigenvalue weighted by Gasteiger charge is 2.29. The van der Waals surface area contributed by atoms with Gasteiger partial charge in [-0.05, 0) is 31.4 Å². The van der Waals surface area contributed by atoms with Crippen molar-refractivity contribution in [1.82, 2.24) is 10.3 Å². The first kappa shape index (κ1) is 13.3. The van der Waals surface area contributed by atoms with Gasteiger partial charge in [0.25, 0.3) is 0 Å². The molecule has 100 valence electrons. The molecule has 1 aliphatic rings. The molecular formula is C15H25N3. The molecule has 3 heteroatoms. The van der Waals surface area contributed by atoms with E-state index < -0.39 is 0 Å². The third-order valence-electron chi connectivity index (χ3n) is 3.77. The van der Waals surface area contributed by atoms with E-state index in [9.17, 15) is 0 Å². The summed E-state index contributed by atoms with van der Waals surface area (Å²) in [7, 11) is 0. The minimum atomic E-state index is 0.653. The molecule has 1 aliphatic heterocycles. The number of nitrogens with one attached hydrogen (secondary N) is 1. The van der Waals surface area contributed by atoms with Crippen molar-refractivity contribution in [2.24, 2.45) is 5.92 Å². The molecule has 0 radical (unpaired) electrons. The van der Waals surface area contributed by atoms with Gasteiger partial charge in [0.1, 0.15) is 5.82 Å². The molecule has 1 unspecified atom stereocenters. The molecule has 0 saturated carbocycles. The van der Waals surface area contributed by atoms with Crippen molar-refractivity contribution >= 4 is 5.82 Å². The van der Waals surface area contributed by atoms with Gasteiger partial charge in [-0.15, -0.1) is 0 Å². The minimum absolute atomic E-state index is 0.653. The fraction of sp³-hybridized carbons (Fsp3) is 0.667. The Morgan fingerprint density at radius 2 is 2.33 bits per heavy atom. The topological polar surface area (TPSA) is 28.2 Å². The standard InChI is InChI=1S/C15H25N3/c1-4-16-11-13-7-5-9-17-15(13)18-10-6-8-14(18)12(2)3/h5,7,9,12,14,16H,4,6,8,10-11H2,1-3H3. The van der Waals surface area contributed by atoms with Crippen LogP contribution >= 0.6 is 0 Å². The van der Waals surface area contributed by atoms with Crippen molar-refractivity contribution in [3.63, 3.8) is 0 Å². The van der Waals surface area contributed by atoms with E-state index >= 15 is 0 Å². The number of nitrogens with zero attached hydrogens (tertiary/aromatic N) is 2. The summed E-state index contributed by atoms with van der Waals surface area (Å²) >= 11 is 0. The van der Waals surface area contributed by atoms with Gasteiger partial charge in [-0.25, -0.2) is 4.98 Å². The van der Waals surface area contributed by atoms with Gasteiger partial charge >= 0.3 is 0 Å². The zero-order valence-electron chi connectivity index (χ0n) is 11.8. The number of rotatable bonds is 5. The van der Waals surface area contributed by atoms with E-state index in [4.69, 9.17) is 0 Å². The average Bonchev–Trinajstić information content (AvgIpc) is 2.86. The molecule has 0 bridgehead atoms. The summed E-state index contributed by atoms with van der Waals surface area (Å²) in [4.78, 5) is 7.14. The fourth-order valence-electron chi connectivity index (χ4n) is 2.84. The Hall–Kier alpha value is -1.09. The highest BCUT2D eigenvalue weighted by molar-refractivity contribution is 5.48. The van der Waals surface area contributed by atoms with Gasteiger partial charge in [0.2, 0.25) is 0 Å². The largest absolute Gasteiger partial charge is 0.353 e. The van der Waals surface area contributed by atoms with Crippen LogP contribution in [-0.4, -0.2) is 24.1 Å². The molecule has 0 aromatic carbocycles. The Morgan fingerprint density at radius 3 is 3.06 bits per heavy atom. The zero-order valence-corrected chi connectivity index (χ0v) is 11.8. The molecule has 0 aliphatic carbocycles. The Kier molecular flexibility index (Phi) is 4.59. The molecular weight excluding hydrogens is 222 g/mol. The van der Waals surface area contributed by atoms with Crippen LogP contribution in [0.25, 0.3) is 0 Å². The van der Waals surface area contributed by atoms with Crippen molar-refractivity contribution < 1.29 is 0 Å². The van der Waals surface area contributed by atoms with Crippen molar-refractivity contribution in [1.29, 1.82) is 0 Å².